The molecule has 2 aromatic rings. The first-order chi connectivity index (χ1) is 9.83. The first-order valence-corrected chi connectivity index (χ1v) is 6.94. The lowest BCUT2D eigenvalue weighted by Crippen LogP contribution is -2.29. The highest BCUT2D eigenvalue weighted by Gasteiger charge is 2.16. The van der Waals surface area contributed by atoms with E-state index >= 15 is 0 Å². The zero-order chi connectivity index (χ0) is 13.8. The van der Waals surface area contributed by atoms with Gasteiger partial charge in [-0.3, -0.25) is 9.48 Å². The molecular formula is C15H18N4O. The Bertz CT molecular complexity index is 573. The Morgan fingerprint density at radius 3 is 2.75 bits per heavy atom. The predicted molar refractivity (Wildman–Crippen MR) is 77.8 cm³/mol. The molecule has 20 heavy (non-hydrogen) atoms. The van der Waals surface area contributed by atoms with Crippen LogP contribution in [0, 0.1) is 0 Å². The van der Waals surface area contributed by atoms with E-state index in [-0.39, 0.29) is 5.91 Å². The zero-order valence-corrected chi connectivity index (χ0v) is 11.2. The van der Waals surface area contributed by atoms with Crippen molar-refractivity contribution < 1.29 is 4.79 Å². The van der Waals surface area contributed by atoms with Crippen molar-refractivity contribution in [2.24, 2.45) is 0 Å². The topological polar surface area (TPSA) is 59.0 Å². The van der Waals surface area contributed by atoms with Gasteiger partial charge in [0, 0.05) is 11.8 Å². The molecule has 0 radical (unpaired) electrons. The van der Waals surface area contributed by atoms with E-state index in [4.69, 9.17) is 0 Å². The van der Waals surface area contributed by atoms with Gasteiger partial charge in [0.2, 0.25) is 0 Å². The van der Waals surface area contributed by atoms with Crippen LogP contribution in [0.15, 0.2) is 42.7 Å². The third-order valence-corrected chi connectivity index (χ3v) is 3.58. The van der Waals surface area contributed by atoms with E-state index in [9.17, 15) is 4.79 Å². The van der Waals surface area contributed by atoms with E-state index in [1.165, 1.54) is 0 Å². The number of amides is 1. The Morgan fingerprint density at radius 1 is 1.25 bits per heavy atom. The maximum absolute atomic E-state index is 12.0. The molecule has 1 aliphatic heterocycles. The number of nitrogens with one attached hydrogen (secondary N) is 2. The summed E-state index contributed by atoms with van der Waals surface area (Å²) in [7, 11) is 0. The molecule has 3 rings (SSSR count). The van der Waals surface area contributed by atoms with Crippen molar-refractivity contribution in [1.29, 1.82) is 0 Å². The van der Waals surface area contributed by atoms with Gasteiger partial charge in [0.25, 0.3) is 5.91 Å². The molecule has 1 aromatic carbocycles. The van der Waals surface area contributed by atoms with E-state index in [2.05, 4.69) is 15.7 Å². The van der Waals surface area contributed by atoms with E-state index in [1.807, 2.05) is 29.1 Å². The number of benzene rings is 1. The maximum atomic E-state index is 12.0. The van der Waals surface area contributed by atoms with Crippen molar-refractivity contribution in [2.75, 3.05) is 18.4 Å². The van der Waals surface area contributed by atoms with Gasteiger partial charge in [-0.1, -0.05) is 18.2 Å². The van der Waals surface area contributed by atoms with Gasteiger partial charge in [0.1, 0.15) is 0 Å². The van der Waals surface area contributed by atoms with Crippen LogP contribution in [0.5, 0.6) is 0 Å². The Kier molecular flexibility index (Phi) is 3.78. The Balaban J connectivity index is 1.66. The molecule has 1 aromatic heterocycles. The highest BCUT2D eigenvalue weighted by Crippen LogP contribution is 2.19. The molecule has 2 heterocycles. The largest absolute Gasteiger partial charge is 0.319 e. The normalized spacial score (nSPS) is 16.0. The number of hydrogen-bond donors (Lipinski definition) is 2. The van der Waals surface area contributed by atoms with Crippen LogP contribution in [0.3, 0.4) is 0 Å². The molecule has 0 bridgehead atoms. The van der Waals surface area contributed by atoms with Crippen molar-refractivity contribution in [3.8, 4) is 0 Å². The monoisotopic (exact) mass is 270 g/mol. The molecule has 0 unspecified atom stereocenters. The number of anilines is 1. The third kappa shape index (κ3) is 2.88. The third-order valence-electron chi connectivity index (χ3n) is 3.58. The lowest BCUT2D eigenvalue weighted by molar-refractivity contribution is 0.102. The van der Waals surface area contributed by atoms with Crippen molar-refractivity contribution >= 4 is 11.6 Å². The second kappa shape index (κ2) is 5.88. The number of aromatic nitrogens is 2. The molecule has 0 atom stereocenters. The van der Waals surface area contributed by atoms with E-state index < -0.39 is 0 Å². The highest BCUT2D eigenvalue weighted by molar-refractivity contribution is 6.04. The van der Waals surface area contributed by atoms with Crippen LogP contribution in [0.25, 0.3) is 0 Å². The van der Waals surface area contributed by atoms with Crippen molar-refractivity contribution in [1.82, 2.24) is 15.1 Å². The summed E-state index contributed by atoms with van der Waals surface area (Å²) in [4.78, 5) is 12.0. The van der Waals surface area contributed by atoms with E-state index in [0.29, 0.717) is 11.6 Å². The number of carbonyl (C=O) groups excluding carboxylic acids is 1. The predicted octanol–water partition coefficient (Wildman–Crippen LogP) is 2.06. The SMILES string of the molecule is O=C(Nc1cnn(C2CCNCC2)c1)c1ccccc1. The molecule has 2 N–H and O–H groups in total. The fraction of sp³-hybridized carbons (Fsp3) is 0.333. The number of hydrogen-bond acceptors (Lipinski definition) is 3. The molecule has 0 spiro atoms. The van der Waals surface area contributed by atoms with Crippen molar-refractivity contribution in [2.45, 2.75) is 18.9 Å². The summed E-state index contributed by atoms with van der Waals surface area (Å²) in [5.74, 6) is -0.101. The molecule has 1 amide bonds. The summed E-state index contributed by atoms with van der Waals surface area (Å²) in [6, 6.07) is 9.63. The summed E-state index contributed by atoms with van der Waals surface area (Å²) in [6.45, 7) is 2.05. The summed E-state index contributed by atoms with van der Waals surface area (Å²) in [5.41, 5.74) is 1.40. The summed E-state index contributed by atoms with van der Waals surface area (Å²) in [6.07, 6.45) is 5.78. The summed E-state index contributed by atoms with van der Waals surface area (Å²) in [5, 5.41) is 10.6. The molecule has 1 aliphatic rings. The molecule has 104 valence electrons. The van der Waals surface area contributed by atoms with Gasteiger partial charge in [0.05, 0.1) is 17.9 Å². The molecule has 0 aliphatic carbocycles. The van der Waals surface area contributed by atoms with Gasteiger partial charge < -0.3 is 10.6 Å². The van der Waals surface area contributed by atoms with Gasteiger partial charge in [-0.05, 0) is 38.1 Å². The Hall–Kier alpha value is -2.14. The second-order valence-electron chi connectivity index (χ2n) is 5.01. The van der Waals surface area contributed by atoms with Crippen LogP contribution in [0.1, 0.15) is 29.2 Å². The van der Waals surface area contributed by atoms with Gasteiger partial charge in [-0.25, -0.2) is 0 Å². The lowest BCUT2D eigenvalue weighted by Gasteiger charge is -2.22. The molecule has 1 saturated heterocycles. The van der Waals surface area contributed by atoms with Crippen LogP contribution < -0.4 is 10.6 Å². The number of nitrogens with zero attached hydrogens (tertiary/aromatic N) is 2. The van der Waals surface area contributed by atoms with E-state index in [1.54, 1.807) is 18.3 Å². The van der Waals surface area contributed by atoms with Gasteiger partial charge >= 0.3 is 0 Å². The zero-order valence-electron chi connectivity index (χ0n) is 11.2. The smallest absolute Gasteiger partial charge is 0.255 e. The average molecular weight is 270 g/mol. The molecule has 0 saturated carbocycles. The molecule has 1 fully saturated rings. The lowest BCUT2D eigenvalue weighted by atomic mass is 10.1. The van der Waals surface area contributed by atoms with Gasteiger partial charge in [-0.15, -0.1) is 0 Å². The minimum Gasteiger partial charge on any atom is -0.319 e. The minimum absolute atomic E-state index is 0.101. The van der Waals surface area contributed by atoms with Crippen LogP contribution in [0.2, 0.25) is 0 Å². The second-order valence-corrected chi connectivity index (χ2v) is 5.01. The molecule has 5 heteroatoms. The fourth-order valence-corrected chi connectivity index (χ4v) is 2.47. The van der Waals surface area contributed by atoms with Crippen LogP contribution in [-0.4, -0.2) is 28.8 Å². The van der Waals surface area contributed by atoms with Crippen molar-refractivity contribution in [3.63, 3.8) is 0 Å². The fourth-order valence-electron chi connectivity index (χ4n) is 2.47. The minimum atomic E-state index is -0.101. The van der Waals surface area contributed by atoms with Crippen LogP contribution in [0.4, 0.5) is 5.69 Å². The van der Waals surface area contributed by atoms with Crippen LogP contribution in [-0.2, 0) is 0 Å². The Morgan fingerprint density at radius 2 is 2.00 bits per heavy atom. The van der Waals surface area contributed by atoms with Crippen molar-refractivity contribution in [3.05, 3.63) is 48.3 Å². The summed E-state index contributed by atoms with van der Waals surface area (Å²) < 4.78 is 1.96. The van der Waals surface area contributed by atoms with Crippen LogP contribution >= 0.6 is 0 Å². The molecular weight excluding hydrogens is 252 g/mol. The molecule has 5 nitrogen and oxygen atoms in total. The first-order valence-electron chi connectivity index (χ1n) is 6.94. The average Bonchev–Trinajstić information content (AvgIpc) is 2.97. The quantitative estimate of drug-likeness (QED) is 0.897. The van der Waals surface area contributed by atoms with Gasteiger partial charge in [-0.2, -0.15) is 5.10 Å². The standard InChI is InChI=1S/C15H18N4O/c20-15(12-4-2-1-3-5-12)18-13-10-17-19(11-13)14-6-8-16-9-7-14/h1-5,10-11,14,16H,6-9H2,(H,18,20). The maximum Gasteiger partial charge on any atom is 0.255 e. The van der Waals surface area contributed by atoms with Gasteiger partial charge in [0.15, 0.2) is 0 Å². The van der Waals surface area contributed by atoms with E-state index in [0.717, 1.165) is 31.6 Å². The number of piperidine rings is 1. The number of carbonyl (C=O) groups is 1. The number of rotatable bonds is 3. The highest BCUT2D eigenvalue weighted by atomic mass is 16.1. The summed E-state index contributed by atoms with van der Waals surface area (Å²) >= 11 is 0. The first kappa shape index (κ1) is 12.9. The Labute approximate surface area is 118 Å².